The van der Waals surface area contributed by atoms with Crippen molar-refractivity contribution in [2.24, 2.45) is 10.8 Å². The zero-order chi connectivity index (χ0) is 11.8. The molecule has 0 atom stereocenters. The van der Waals surface area contributed by atoms with Crippen LogP contribution in [0.2, 0.25) is 0 Å². The van der Waals surface area contributed by atoms with E-state index in [4.69, 9.17) is 0 Å². The molecule has 0 saturated carbocycles. The average molecular weight is 226 g/mol. The summed E-state index contributed by atoms with van der Waals surface area (Å²) in [5.74, 6) is 0. The second-order valence-electron chi connectivity index (χ2n) is 6.81. The van der Waals surface area contributed by atoms with Crippen molar-refractivity contribution < 1.29 is 0 Å². The molecule has 2 saturated heterocycles. The van der Waals surface area contributed by atoms with Crippen molar-refractivity contribution in [2.75, 3.05) is 26.2 Å². The van der Waals surface area contributed by atoms with Gasteiger partial charge in [-0.05, 0) is 10.8 Å². The van der Waals surface area contributed by atoms with Crippen molar-refractivity contribution in [1.29, 1.82) is 0 Å². The molecule has 2 aliphatic rings. The minimum absolute atomic E-state index is 0.351. The van der Waals surface area contributed by atoms with Crippen molar-refractivity contribution >= 4 is 0 Å². The van der Waals surface area contributed by atoms with Crippen LogP contribution in [0.15, 0.2) is 0 Å². The van der Waals surface area contributed by atoms with E-state index in [9.17, 15) is 0 Å². The van der Waals surface area contributed by atoms with E-state index in [-0.39, 0.29) is 0 Å². The van der Waals surface area contributed by atoms with E-state index in [1.54, 1.807) is 0 Å². The molecule has 4 heteroatoms. The van der Waals surface area contributed by atoms with Crippen LogP contribution < -0.4 is 21.3 Å². The Bertz CT molecular complexity index is 203. The third kappa shape index (κ3) is 2.94. The summed E-state index contributed by atoms with van der Waals surface area (Å²) in [6, 6.07) is 0. The number of hydrogen-bond acceptors (Lipinski definition) is 4. The van der Waals surface area contributed by atoms with Crippen LogP contribution in [0.3, 0.4) is 0 Å². The molecule has 0 bridgehead atoms. The van der Waals surface area contributed by atoms with Crippen LogP contribution in [0.1, 0.15) is 27.7 Å². The molecule has 2 rings (SSSR count). The second-order valence-corrected chi connectivity index (χ2v) is 6.81. The van der Waals surface area contributed by atoms with Crippen molar-refractivity contribution in [2.45, 2.75) is 40.0 Å². The minimum Gasteiger partial charge on any atom is -0.299 e. The van der Waals surface area contributed by atoms with E-state index in [2.05, 4.69) is 49.0 Å². The van der Waals surface area contributed by atoms with E-state index in [1.165, 1.54) is 0 Å². The molecule has 0 aromatic rings. The molecule has 0 radical (unpaired) electrons. The molecule has 0 aliphatic carbocycles. The van der Waals surface area contributed by atoms with E-state index in [0.717, 1.165) is 26.2 Å². The van der Waals surface area contributed by atoms with Crippen LogP contribution in [-0.2, 0) is 0 Å². The lowest BCUT2D eigenvalue weighted by atomic mass is 9.89. The number of rotatable bonds is 1. The third-order valence-corrected chi connectivity index (χ3v) is 3.54. The Hall–Kier alpha value is -0.160. The van der Waals surface area contributed by atoms with Gasteiger partial charge in [-0.25, -0.2) is 0 Å². The van der Waals surface area contributed by atoms with Crippen LogP contribution in [0.5, 0.6) is 0 Å². The summed E-state index contributed by atoms with van der Waals surface area (Å²) in [6.45, 7) is 13.5. The van der Waals surface area contributed by atoms with Crippen LogP contribution >= 0.6 is 0 Å². The van der Waals surface area contributed by atoms with E-state index in [0.29, 0.717) is 23.2 Å². The van der Waals surface area contributed by atoms with Gasteiger partial charge in [0.2, 0.25) is 0 Å². The summed E-state index contributed by atoms with van der Waals surface area (Å²) in [5, 5.41) is 14.3. The van der Waals surface area contributed by atoms with Crippen LogP contribution in [0, 0.1) is 10.8 Å². The first-order chi connectivity index (χ1) is 7.38. The van der Waals surface area contributed by atoms with Gasteiger partial charge in [-0.3, -0.25) is 21.3 Å². The Labute approximate surface area is 98.9 Å². The highest BCUT2D eigenvalue weighted by Gasteiger charge is 2.34. The fraction of sp³-hybridized carbons (Fsp3) is 1.00. The molecular weight excluding hydrogens is 200 g/mol. The van der Waals surface area contributed by atoms with E-state index < -0.39 is 0 Å². The molecule has 0 spiro atoms. The molecule has 94 valence electrons. The van der Waals surface area contributed by atoms with Gasteiger partial charge in [0.25, 0.3) is 0 Å². The summed E-state index contributed by atoms with van der Waals surface area (Å²) in [4.78, 5) is 0. The number of hydrogen-bond donors (Lipinski definition) is 4. The fourth-order valence-electron chi connectivity index (χ4n) is 2.29. The van der Waals surface area contributed by atoms with Crippen molar-refractivity contribution in [3.05, 3.63) is 0 Å². The molecule has 4 nitrogen and oxygen atoms in total. The molecule has 2 fully saturated rings. The van der Waals surface area contributed by atoms with Crippen LogP contribution in [-0.4, -0.2) is 38.5 Å². The Balaban J connectivity index is 1.82. The Morgan fingerprint density at radius 3 is 1.12 bits per heavy atom. The summed E-state index contributed by atoms with van der Waals surface area (Å²) >= 11 is 0. The maximum absolute atomic E-state index is 3.57. The molecule has 0 unspecified atom stereocenters. The van der Waals surface area contributed by atoms with Gasteiger partial charge in [0.15, 0.2) is 0 Å². The third-order valence-electron chi connectivity index (χ3n) is 3.54. The molecule has 2 aliphatic heterocycles. The molecule has 0 aromatic heterocycles. The highest BCUT2D eigenvalue weighted by molar-refractivity contribution is 4.93. The fourth-order valence-corrected chi connectivity index (χ4v) is 2.29. The Kier molecular flexibility index (Phi) is 3.27. The molecule has 0 amide bonds. The summed E-state index contributed by atoms with van der Waals surface area (Å²) in [6.07, 6.45) is 0.702. The maximum atomic E-state index is 3.57. The summed E-state index contributed by atoms with van der Waals surface area (Å²) < 4.78 is 0. The molecule has 0 aromatic carbocycles. The Morgan fingerprint density at radius 2 is 0.875 bits per heavy atom. The van der Waals surface area contributed by atoms with Gasteiger partial charge in [-0.1, -0.05) is 27.7 Å². The largest absolute Gasteiger partial charge is 0.299 e. The van der Waals surface area contributed by atoms with Gasteiger partial charge in [0.1, 0.15) is 0 Å². The topological polar surface area (TPSA) is 48.1 Å². The lowest BCUT2D eigenvalue weighted by Gasteiger charge is -2.44. The van der Waals surface area contributed by atoms with Gasteiger partial charge < -0.3 is 0 Å². The van der Waals surface area contributed by atoms with Crippen LogP contribution in [0.25, 0.3) is 0 Å². The van der Waals surface area contributed by atoms with E-state index >= 15 is 0 Å². The van der Waals surface area contributed by atoms with Gasteiger partial charge in [-0.2, -0.15) is 0 Å². The first kappa shape index (κ1) is 12.3. The molecule has 2 heterocycles. The van der Waals surface area contributed by atoms with Gasteiger partial charge >= 0.3 is 0 Å². The monoisotopic (exact) mass is 226 g/mol. The zero-order valence-electron chi connectivity index (χ0n) is 11.0. The predicted octanol–water partition coefficient (Wildman–Crippen LogP) is 0.0766. The van der Waals surface area contributed by atoms with Crippen molar-refractivity contribution in [3.8, 4) is 0 Å². The maximum Gasteiger partial charge on any atom is 0.0866 e. The first-order valence-corrected chi connectivity index (χ1v) is 6.32. The lowest BCUT2D eigenvalue weighted by Crippen LogP contribution is -2.70. The highest BCUT2D eigenvalue weighted by Crippen LogP contribution is 2.19. The van der Waals surface area contributed by atoms with Crippen molar-refractivity contribution in [3.63, 3.8) is 0 Å². The van der Waals surface area contributed by atoms with Gasteiger partial charge in [-0.15, -0.1) is 0 Å². The van der Waals surface area contributed by atoms with Crippen LogP contribution in [0.4, 0.5) is 0 Å². The van der Waals surface area contributed by atoms with Crippen molar-refractivity contribution in [1.82, 2.24) is 21.3 Å². The average Bonchev–Trinajstić information content (AvgIpc) is 2.19. The summed E-state index contributed by atoms with van der Waals surface area (Å²) in [7, 11) is 0. The Morgan fingerprint density at radius 1 is 0.625 bits per heavy atom. The normalized spacial score (nSPS) is 31.5. The quantitative estimate of drug-likeness (QED) is 0.511. The zero-order valence-corrected chi connectivity index (χ0v) is 11.0. The number of nitrogens with one attached hydrogen (secondary N) is 4. The predicted molar refractivity (Wildman–Crippen MR) is 67.1 cm³/mol. The molecular formula is C12H26N4. The SMILES string of the molecule is CC1(C)CNC(C2NCC(C)(C)CN2)NC1. The lowest BCUT2D eigenvalue weighted by molar-refractivity contribution is 0.130. The van der Waals surface area contributed by atoms with Gasteiger partial charge in [0.05, 0.1) is 12.3 Å². The highest BCUT2D eigenvalue weighted by atomic mass is 15.3. The smallest absolute Gasteiger partial charge is 0.0866 e. The molecule has 16 heavy (non-hydrogen) atoms. The second kappa shape index (κ2) is 4.26. The first-order valence-electron chi connectivity index (χ1n) is 6.32. The standard InChI is InChI=1S/C12H26N4/c1-11(2)5-13-9(14-6-11)10-15-7-12(3,4)8-16-10/h9-10,13-16H,5-8H2,1-4H3. The van der Waals surface area contributed by atoms with Gasteiger partial charge in [0, 0.05) is 26.2 Å². The van der Waals surface area contributed by atoms with E-state index in [1.807, 2.05) is 0 Å². The minimum atomic E-state index is 0.351. The molecule has 4 N–H and O–H groups in total. The summed E-state index contributed by atoms with van der Waals surface area (Å²) in [5.41, 5.74) is 0.731.